The van der Waals surface area contributed by atoms with Crippen LogP contribution in [0.25, 0.3) is 0 Å². The molecule has 0 bridgehead atoms. The van der Waals surface area contributed by atoms with Crippen LogP contribution in [0.3, 0.4) is 0 Å². The van der Waals surface area contributed by atoms with Gasteiger partial charge < -0.3 is 0 Å². The number of nitrogens with two attached hydrogens (primary N) is 1. The zero-order chi connectivity index (χ0) is 14.7. The van der Waals surface area contributed by atoms with Crippen LogP contribution in [0.5, 0.6) is 0 Å². The normalized spacial score (nSPS) is 12.4. The van der Waals surface area contributed by atoms with Crippen LogP contribution in [-0.2, 0) is 6.42 Å². The number of hydrazine groups is 1. The maximum absolute atomic E-state index is 13.8. The Balaban J connectivity index is 2.28. The fraction of sp³-hybridized carbons (Fsp3) is 0.200. The van der Waals surface area contributed by atoms with Gasteiger partial charge in [0.15, 0.2) is 0 Å². The first-order valence-electron chi connectivity index (χ1n) is 6.17. The van der Waals surface area contributed by atoms with Crippen molar-refractivity contribution in [3.63, 3.8) is 0 Å². The van der Waals surface area contributed by atoms with Gasteiger partial charge in [-0.3, -0.25) is 11.3 Å². The molecule has 0 saturated heterocycles. The van der Waals surface area contributed by atoms with Gasteiger partial charge in [-0.25, -0.2) is 4.39 Å². The van der Waals surface area contributed by atoms with Gasteiger partial charge in [0.25, 0.3) is 0 Å². The van der Waals surface area contributed by atoms with E-state index in [1.807, 2.05) is 25.1 Å². The number of nitrogens with one attached hydrogen (secondary N) is 1. The third-order valence-electron chi connectivity index (χ3n) is 3.22. The second-order valence-electron chi connectivity index (χ2n) is 4.67. The molecular weight excluding hydrogens is 298 g/mol. The molecule has 5 heteroatoms. The van der Waals surface area contributed by atoms with Gasteiger partial charge in [-0.05, 0) is 54.3 Å². The van der Waals surface area contributed by atoms with E-state index in [-0.39, 0.29) is 11.9 Å². The molecule has 2 rings (SSSR count). The van der Waals surface area contributed by atoms with Crippen LogP contribution in [0.15, 0.2) is 36.4 Å². The summed E-state index contributed by atoms with van der Waals surface area (Å²) in [5, 5.41) is 1.20. The highest BCUT2D eigenvalue weighted by atomic mass is 35.5. The summed E-state index contributed by atoms with van der Waals surface area (Å²) in [7, 11) is 0. The summed E-state index contributed by atoms with van der Waals surface area (Å²) in [5.74, 6) is 5.30. The van der Waals surface area contributed by atoms with Crippen LogP contribution in [0.4, 0.5) is 4.39 Å². The first-order valence-corrected chi connectivity index (χ1v) is 6.93. The first-order chi connectivity index (χ1) is 9.51. The van der Waals surface area contributed by atoms with Gasteiger partial charge >= 0.3 is 0 Å². The highest BCUT2D eigenvalue weighted by Crippen LogP contribution is 2.25. The minimum atomic E-state index is -0.291. The lowest BCUT2D eigenvalue weighted by molar-refractivity contribution is 0.529. The zero-order valence-corrected chi connectivity index (χ0v) is 12.5. The van der Waals surface area contributed by atoms with Crippen molar-refractivity contribution < 1.29 is 4.39 Å². The number of rotatable bonds is 4. The van der Waals surface area contributed by atoms with E-state index in [1.165, 1.54) is 12.1 Å². The molecule has 0 aromatic heterocycles. The highest BCUT2D eigenvalue weighted by Gasteiger charge is 2.14. The number of hydrogen-bond donors (Lipinski definition) is 2. The molecule has 20 heavy (non-hydrogen) atoms. The average Bonchev–Trinajstić information content (AvgIpc) is 2.43. The molecule has 0 aliphatic heterocycles. The molecule has 106 valence electrons. The third-order valence-corrected chi connectivity index (χ3v) is 3.88. The zero-order valence-electron chi connectivity index (χ0n) is 11.0. The monoisotopic (exact) mass is 312 g/mol. The van der Waals surface area contributed by atoms with E-state index in [9.17, 15) is 4.39 Å². The molecule has 0 spiro atoms. The number of aryl methyl sites for hydroxylation is 1. The van der Waals surface area contributed by atoms with Gasteiger partial charge in [-0.1, -0.05) is 35.3 Å². The van der Waals surface area contributed by atoms with Crippen molar-refractivity contribution in [2.24, 2.45) is 5.84 Å². The Morgan fingerprint density at radius 1 is 1.20 bits per heavy atom. The molecule has 3 N–H and O–H groups in total. The molecule has 0 aliphatic rings. The van der Waals surface area contributed by atoms with E-state index in [0.29, 0.717) is 22.0 Å². The van der Waals surface area contributed by atoms with E-state index in [4.69, 9.17) is 29.0 Å². The molecule has 0 radical (unpaired) electrons. The van der Waals surface area contributed by atoms with Crippen molar-refractivity contribution in [1.82, 2.24) is 5.43 Å². The van der Waals surface area contributed by atoms with Crippen molar-refractivity contribution in [2.45, 2.75) is 19.4 Å². The second-order valence-corrected chi connectivity index (χ2v) is 5.51. The van der Waals surface area contributed by atoms with Gasteiger partial charge in [0.2, 0.25) is 0 Å². The Hall–Kier alpha value is -1.13. The third kappa shape index (κ3) is 3.49. The van der Waals surface area contributed by atoms with Gasteiger partial charge in [-0.2, -0.15) is 0 Å². The van der Waals surface area contributed by atoms with Crippen molar-refractivity contribution in [1.29, 1.82) is 0 Å². The molecule has 0 heterocycles. The van der Waals surface area contributed by atoms with E-state index in [1.54, 1.807) is 6.07 Å². The summed E-state index contributed by atoms with van der Waals surface area (Å²) in [6.45, 7) is 1.92. The van der Waals surface area contributed by atoms with Gasteiger partial charge in [0, 0.05) is 10.0 Å². The Morgan fingerprint density at radius 2 is 1.95 bits per heavy atom. The summed E-state index contributed by atoms with van der Waals surface area (Å²) in [6, 6.07) is 9.92. The lowest BCUT2D eigenvalue weighted by Gasteiger charge is -2.18. The number of benzene rings is 2. The van der Waals surface area contributed by atoms with Crippen molar-refractivity contribution >= 4 is 23.2 Å². The van der Waals surface area contributed by atoms with E-state index in [0.717, 1.165) is 11.1 Å². The molecule has 0 amide bonds. The molecular formula is C15H15Cl2FN2. The van der Waals surface area contributed by atoms with E-state index in [2.05, 4.69) is 5.43 Å². The molecule has 0 aliphatic carbocycles. The molecule has 1 atom stereocenters. The van der Waals surface area contributed by atoms with Crippen molar-refractivity contribution in [2.75, 3.05) is 0 Å². The highest BCUT2D eigenvalue weighted by molar-refractivity contribution is 6.31. The fourth-order valence-corrected chi connectivity index (χ4v) is 2.39. The van der Waals surface area contributed by atoms with Gasteiger partial charge in [-0.15, -0.1) is 0 Å². The van der Waals surface area contributed by atoms with Crippen LogP contribution in [0.2, 0.25) is 10.0 Å². The van der Waals surface area contributed by atoms with Crippen molar-refractivity contribution in [3.05, 3.63) is 69.0 Å². The molecule has 0 fully saturated rings. The minimum absolute atomic E-state index is 0.209. The lowest BCUT2D eigenvalue weighted by atomic mass is 9.98. The van der Waals surface area contributed by atoms with Gasteiger partial charge in [0.05, 0.1) is 6.04 Å². The van der Waals surface area contributed by atoms with Crippen LogP contribution in [-0.4, -0.2) is 0 Å². The fourth-order valence-electron chi connectivity index (χ4n) is 2.08. The lowest BCUT2D eigenvalue weighted by Crippen LogP contribution is -2.29. The minimum Gasteiger partial charge on any atom is -0.271 e. The Bertz CT molecular complexity index is 617. The summed E-state index contributed by atoms with van der Waals surface area (Å²) < 4.78 is 13.8. The standard InChI is InChI=1S/C15H15Cl2FN2/c1-9-6-10(2-4-13(9)17)15(20-19)8-11-7-12(16)3-5-14(11)18/h2-7,15,20H,8,19H2,1H3. The number of halogens is 3. The maximum atomic E-state index is 13.8. The Kier molecular flexibility index (Phi) is 5.00. The largest absolute Gasteiger partial charge is 0.271 e. The van der Waals surface area contributed by atoms with Crippen LogP contribution in [0.1, 0.15) is 22.7 Å². The van der Waals surface area contributed by atoms with Crippen LogP contribution in [0, 0.1) is 12.7 Å². The van der Waals surface area contributed by atoms with Gasteiger partial charge in [0.1, 0.15) is 5.82 Å². The van der Waals surface area contributed by atoms with E-state index >= 15 is 0 Å². The Morgan fingerprint density at radius 3 is 2.60 bits per heavy atom. The first kappa shape index (κ1) is 15.3. The van der Waals surface area contributed by atoms with Crippen molar-refractivity contribution in [3.8, 4) is 0 Å². The van der Waals surface area contributed by atoms with Crippen LogP contribution >= 0.6 is 23.2 Å². The molecule has 0 saturated carbocycles. The predicted octanol–water partition coefficient (Wildman–Crippen LogP) is 4.19. The summed E-state index contributed by atoms with van der Waals surface area (Å²) in [4.78, 5) is 0. The average molecular weight is 313 g/mol. The van der Waals surface area contributed by atoms with Crippen LogP contribution < -0.4 is 11.3 Å². The molecule has 2 nitrogen and oxygen atoms in total. The maximum Gasteiger partial charge on any atom is 0.126 e. The SMILES string of the molecule is Cc1cc(C(Cc2cc(Cl)ccc2F)NN)ccc1Cl. The summed E-state index contributed by atoms with van der Waals surface area (Å²) in [5.41, 5.74) is 5.14. The molecule has 2 aromatic carbocycles. The number of hydrogen-bond acceptors (Lipinski definition) is 2. The summed E-state index contributed by atoms with van der Waals surface area (Å²) >= 11 is 11.9. The Labute approximate surface area is 127 Å². The van der Waals surface area contributed by atoms with E-state index < -0.39 is 0 Å². The topological polar surface area (TPSA) is 38.0 Å². The molecule has 2 aromatic rings. The quantitative estimate of drug-likeness (QED) is 0.656. The second kappa shape index (κ2) is 6.55. The smallest absolute Gasteiger partial charge is 0.126 e. The molecule has 1 unspecified atom stereocenters. The predicted molar refractivity (Wildman–Crippen MR) is 81.4 cm³/mol. The summed E-state index contributed by atoms with van der Waals surface area (Å²) in [6.07, 6.45) is 0.407.